The normalized spacial score (nSPS) is 15.2. The number of nitrogens with one attached hydrogen (secondary N) is 1. The number of pyridine rings is 1. The number of benzene rings is 1. The van der Waals surface area contributed by atoms with Crippen molar-refractivity contribution in [2.45, 2.75) is 32.3 Å². The van der Waals surface area contributed by atoms with Crippen molar-refractivity contribution in [1.82, 2.24) is 14.5 Å². The smallest absolute Gasteiger partial charge is 0.433 e. The molecule has 0 saturated heterocycles. The Balaban J connectivity index is 1.47. The molecule has 1 aromatic carbocycles. The Kier molecular flexibility index (Phi) is 5.45. The van der Waals surface area contributed by atoms with Gasteiger partial charge in [-0.1, -0.05) is 0 Å². The number of anilines is 1. The molecule has 168 valence electrons. The van der Waals surface area contributed by atoms with E-state index < -0.39 is 34.9 Å². The van der Waals surface area contributed by atoms with E-state index in [1.54, 1.807) is 0 Å². The van der Waals surface area contributed by atoms with Crippen molar-refractivity contribution in [3.8, 4) is 17.4 Å². The average molecular weight is 454 g/mol. The zero-order valence-corrected chi connectivity index (χ0v) is 16.4. The molecule has 1 atom stereocenters. The van der Waals surface area contributed by atoms with Crippen LogP contribution in [-0.2, 0) is 19.3 Å². The number of hydrogen-bond donors (Lipinski definition) is 1. The summed E-state index contributed by atoms with van der Waals surface area (Å²) in [6, 6.07) is 4.98. The highest BCUT2D eigenvalue weighted by atomic mass is 19.4. The molecule has 0 saturated carbocycles. The third kappa shape index (κ3) is 4.48. The van der Waals surface area contributed by atoms with E-state index in [0.717, 1.165) is 18.2 Å². The first-order valence-corrected chi connectivity index (χ1v) is 9.30. The Morgan fingerprint density at radius 2 is 1.91 bits per heavy atom. The van der Waals surface area contributed by atoms with Crippen molar-refractivity contribution in [2.75, 3.05) is 5.32 Å². The van der Waals surface area contributed by atoms with Gasteiger partial charge in [-0.15, -0.1) is 0 Å². The first kappa shape index (κ1) is 21.5. The van der Waals surface area contributed by atoms with E-state index in [1.165, 1.54) is 10.6 Å². The maximum absolute atomic E-state index is 14.4. The van der Waals surface area contributed by atoms with Gasteiger partial charge in [-0.05, 0) is 36.8 Å². The Morgan fingerprint density at radius 3 is 2.53 bits per heavy atom. The number of alkyl halides is 3. The summed E-state index contributed by atoms with van der Waals surface area (Å²) in [6.45, 7) is 2.07. The SMILES string of the molecule is C[C@H]1Cn2c(cc(OCc3cc(F)c(Oc4ccc(C(F)(F)F)nc4)c(F)c3)nc2=O)N1. The molecule has 12 heteroatoms. The maximum atomic E-state index is 14.4. The minimum Gasteiger partial charge on any atom is -0.473 e. The van der Waals surface area contributed by atoms with Crippen LogP contribution in [0.3, 0.4) is 0 Å². The minimum atomic E-state index is -4.65. The molecular weight excluding hydrogens is 439 g/mol. The van der Waals surface area contributed by atoms with E-state index in [4.69, 9.17) is 9.47 Å². The van der Waals surface area contributed by atoms with Crippen LogP contribution in [-0.4, -0.2) is 20.6 Å². The summed E-state index contributed by atoms with van der Waals surface area (Å²) in [5, 5.41) is 3.08. The van der Waals surface area contributed by atoms with Crippen molar-refractivity contribution < 1.29 is 31.4 Å². The molecule has 1 aliphatic rings. The standard InChI is InChI=1S/C20H15F5N4O3/c1-10-8-29-16(27-10)6-17(28-19(29)30)31-9-11-4-13(21)18(14(22)5-11)32-12-2-3-15(26-7-12)20(23,24)25/h2-7,10,27H,8-9H2,1H3/t10-/m0/s1. The zero-order chi connectivity index (χ0) is 23.0. The lowest BCUT2D eigenvalue weighted by Crippen LogP contribution is -2.22. The minimum absolute atomic E-state index is 0.0141. The first-order valence-electron chi connectivity index (χ1n) is 9.30. The van der Waals surface area contributed by atoms with Gasteiger partial charge < -0.3 is 14.8 Å². The van der Waals surface area contributed by atoms with Crippen LogP contribution in [0.15, 0.2) is 41.3 Å². The topological polar surface area (TPSA) is 78.3 Å². The Morgan fingerprint density at radius 1 is 1.19 bits per heavy atom. The highest BCUT2D eigenvalue weighted by Gasteiger charge is 2.32. The average Bonchev–Trinajstić information content (AvgIpc) is 3.10. The Labute approximate surface area is 177 Å². The van der Waals surface area contributed by atoms with Gasteiger partial charge in [0.1, 0.15) is 23.9 Å². The van der Waals surface area contributed by atoms with E-state index in [0.29, 0.717) is 24.6 Å². The summed E-state index contributed by atoms with van der Waals surface area (Å²) in [5.41, 5.74) is -1.59. The van der Waals surface area contributed by atoms with Crippen molar-refractivity contribution in [3.63, 3.8) is 0 Å². The van der Waals surface area contributed by atoms with Crippen LogP contribution in [0.4, 0.5) is 27.8 Å². The number of rotatable bonds is 5. The molecule has 0 fully saturated rings. The molecule has 4 rings (SSSR count). The van der Waals surface area contributed by atoms with Crippen molar-refractivity contribution in [2.24, 2.45) is 0 Å². The number of fused-ring (bicyclic) bond motifs is 1. The summed E-state index contributed by atoms with van der Waals surface area (Å²) in [6.07, 6.45) is -3.93. The molecular formula is C20H15F5N4O3. The van der Waals surface area contributed by atoms with Crippen molar-refractivity contribution >= 4 is 5.82 Å². The molecule has 2 aromatic heterocycles. The molecule has 3 aromatic rings. The van der Waals surface area contributed by atoms with Gasteiger partial charge in [0.25, 0.3) is 0 Å². The van der Waals surface area contributed by atoms with Crippen LogP contribution in [0.1, 0.15) is 18.2 Å². The molecule has 7 nitrogen and oxygen atoms in total. The van der Waals surface area contributed by atoms with Crippen LogP contribution in [0.2, 0.25) is 0 Å². The van der Waals surface area contributed by atoms with E-state index in [-0.39, 0.29) is 29.8 Å². The van der Waals surface area contributed by atoms with E-state index in [1.807, 2.05) is 6.92 Å². The zero-order valence-electron chi connectivity index (χ0n) is 16.4. The number of halogens is 5. The lowest BCUT2D eigenvalue weighted by molar-refractivity contribution is -0.141. The first-order chi connectivity index (χ1) is 15.1. The van der Waals surface area contributed by atoms with Crippen LogP contribution >= 0.6 is 0 Å². The summed E-state index contributed by atoms with van der Waals surface area (Å²) >= 11 is 0. The fourth-order valence-corrected chi connectivity index (χ4v) is 3.10. The van der Waals surface area contributed by atoms with Crippen molar-refractivity contribution in [1.29, 1.82) is 0 Å². The Bertz CT molecular complexity index is 1190. The summed E-state index contributed by atoms with van der Waals surface area (Å²) < 4.78 is 78.3. The van der Waals surface area contributed by atoms with Crippen LogP contribution in [0.5, 0.6) is 17.4 Å². The largest absolute Gasteiger partial charge is 0.473 e. The summed E-state index contributed by atoms with van der Waals surface area (Å²) in [4.78, 5) is 19.0. The highest BCUT2D eigenvalue weighted by Crippen LogP contribution is 2.32. The van der Waals surface area contributed by atoms with Crippen molar-refractivity contribution in [3.05, 3.63) is 69.9 Å². The second-order valence-corrected chi connectivity index (χ2v) is 7.07. The quantitative estimate of drug-likeness (QED) is 0.585. The molecule has 0 aliphatic carbocycles. The van der Waals surface area contributed by atoms with Gasteiger partial charge in [-0.25, -0.2) is 18.6 Å². The van der Waals surface area contributed by atoms with Crippen LogP contribution in [0, 0.1) is 11.6 Å². The third-order valence-electron chi connectivity index (χ3n) is 4.53. The fraction of sp³-hybridized carbons (Fsp3) is 0.250. The van der Waals surface area contributed by atoms with Gasteiger partial charge in [0, 0.05) is 18.7 Å². The van der Waals surface area contributed by atoms with Gasteiger partial charge in [0.2, 0.25) is 5.88 Å². The van der Waals surface area contributed by atoms with Gasteiger partial charge in [-0.2, -0.15) is 18.2 Å². The maximum Gasteiger partial charge on any atom is 0.433 e. The predicted octanol–water partition coefficient (Wildman–Crippen LogP) is 4.12. The molecule has 0 radical (unpaired) electrons. The van der Waals surface area contributed by atoms with Gasteiger partial charge in [-0.3, -0.25) is 4.57 Å². The molecule has 32 heavy (non-hydrogen) atoms. The molecule has 0 spiro atoms. The fourth-order valence-electron chi connectivity index (χ4n) is 3.10. The predicted molar refractivity (Wildman–Crippen MR) is 102 cm³/mol. The second kappa shape index (κ2) is 8.09. The molecule has 3 heterocycles. The third-order valence-corrected chi connectivity index (χ3v) is 4.53. The van der Waals surface area contributed by atoms with E-state index in [2.05, 4.69) is 15.3 Å². The number of aromatic nitrogens is 3. The van der Waals surface area contributed by atoms with Crippen LogP contribution < -0.4 is 20.5 Å². The van der Waals surface area contributed by atoms with E-state index >= 15 is 0 Å². The lowest BCUT2D eigenvalue weighted by atomic mass is 10.2. The molecule has 0 bridgehead atoms. The van der Waals surface area contributed by atoms with Crippen LogP contribution in [0.25, 0.3) is 0 Å². The molecule has 1 aliphatic heterocycles. The summed E-state index contributed by atoms with van der Waals surface area (Å²) in [7, 11) is 0. The lowest BCUT2D eigenvalue weighted by Gasteiger charge is -2.11. The monoisotopic (exact) mass is 454 g/mol. The summed E-state index contributed by atoms with van der Waals surface area (Å²) in [5.74, 6) is -2.76. The number of nitrogens with zero attached hydrogens (tertiary/aromatic N) is 3. The second-order valence-electron chi connectivity index (χ2n) is 7.07. The van der Waals surface area contributed by atoms with E-state index in [9.17, 15) is 26.7 Å². The molecule has 0 unspecified atom stereocenters. The van der Waals surface area contributed by atoms with Gasteiger partial charge >= 0.3 is 11.9 Å². The van der Waals surface area contributed by atoms with Gasteiger partial charge in [0.15, 0.2) is 17.4 Å². The molecule has 0 amide bonds. The molecule has 1 N–H and O–H groups in total. The van der Waals surface area contributed by atoms with Gasteiger partial charge in [0.05, 0.1) is 6.20 Å². The Hall–Kier alpha value is -3.70. The highest BCUT2D eigenvalue weighted by molar-refractivity contribution is 5.43. The number of ether oxygens (including phenoxy) is 2. The number of hydrogen-bond acceptors (Lipinski definition) is 6.